The van der Waals surface area contributed by atoms with Gasteiger partial charge >= 0.3 is 0 Å². The Morgan fingerprint density at radius 3 is 2.53 bits per heavy atom. The number of carbonyl (C=O) groups excluding carboxylic acids is 1. The number of carbonyl (C=O) groups is 1. The number of ether oxygens (including phenoxy) is 1. The van der Waals surface area contributed by atoms with E-state index < -0.39 is 6.10 Å². The normalized spacial score (nSPS) is 12.2. The lowest BCUT2D eigenvalue weighted by Crippen LogP contribution is -2.43. The van der Waals surface area contributed by atoms with Crippen LogP contribution in [0.25, 0.3) is 0 Å². The first-order chi connectivity index (χ1) is 17.2. The maximum Gasteiger partial charge on any atom is 0.251 e. The predicted octanol–water partition coefficient (Wildman–Crippen LogP) is 3.51. The molecule has 7 heteroatoms. The average Bonchev–Trinajstić information content (AvgIpc) is 2.87. The average molecular weight is 493 g/mol. The largest absolute Gasteiger partial charge is 0.508 e. The van der Waals surface area contributed by atoms with E-state index in [0.717, 1.165) is 16.9 Å². The topological polar surface area (TPSA) is 111 Å². The van der Waals surface area contributed by atoms with E-state index in [1.807, 2.05) is 56.3 Å². The van der Waals surface area contributed by atoms with Crippen molar-refractivity contribution in [1.29, 1.82) is 0 Å². The molecule has 7 nitrogen and oxygen atoms in total. The van der Waals surface area contributed by atoms with Gasteiger partial charge in [-0.15, -0.1) is 0 Å². The molecule has 0 saturated heterocycles. The van der Waals surface area contributed by atoms with E-state index in [0.29, 0.717) is 42.6 Å². The molecule has 0 aliphatic heterocycles. The van der Waals surface area contributed by atoms with Crippen molar-refractivity contribution < 1.29 is 24.9 Å². The Bertz CT molecular complexity index is 1160. The number of benzene rings is 3. The molecule has 3 rings (SSSR count). The summed E-state index contributed by atoms with van der Waals surface area (Å²) in [5.74, 6) is 0.687. The fourth-order valence-electron chi connectivity index (χ4n) is 4.08. The summed E-state index contributed by atoms with van der Waals surface area (Å²) < 4.78 is 5.25. The van der Waals surface area contributed by atoms with Crippen LogP contribution in [0.3, 0.4) is 0 Å². The molecular weight excluding hydrogens is 456 g/mol. The molecule has 1 atom stereocenters. The van der Waals surface area contributed by atoms with E-state index in [2.05, 4.69) is 10.6 Å². The number of aromatic hydroxyl groups is 1. The molecule has 192 valence electrons. The summed E-state index contributed by atoms with van der Waals surface area (Å²) in [5, 5.41) is 36.0. The third kappa shape index (κ3) is 7.81. The summed E-state index contributed by atoms with van der Waals surface area (Å²) >= 11 is 0. The van der Waals surface area contributed by atoms with Crippen molar-refractivity contribution >= 4 is 5.91 Å². The van der Waals surface area contributed by atoms with Crippen molar-refractivity contribution in [1.82, 2.24) is 10.6 Å². The maximum absolute atomic E-state index is 12.7. The highest BCUT2D eigenvalue weighted by Gasteiger charge is 2.21. The van der Waals surface area contributed by atoms with Crippen molar-refractivity contribution in [2.24, 2.45) is 0 Å². The number of methoxy groups -OCH3 is 1. The van der Waals surface area contributed by atoms with Crippen LogP contribution in [-0.4, -0.2) is 47.0 Å². The Balaban J connectivity index is 1.53. The predicted molar refractivity (Wildman–Crippen MR) is 140 cm³/mol. The van der Waals surface area contributed by atoms with Gasteiger partial charge in [-0.2, -0.15) is 0 Å². The molecule has 0 unspecified atom stereocenters. The molecule has 0 radical (unpaired) electrons. The molecule has 0 saturated carbocycles. The maximum atomic E-state index is 12.7. The van der Waals surface area contributed by atoms with E-state index >= 15 is 0 Å². The minimum absolute atomic E-state index is 0.00551. The van der Waals surface area contributed by atoms with Gasteiger partial charge in [-0.05, 0) is 79.8 Å². The lowest BCUT2D eigenvalue weighted by Gasteiger charge is -2.28. The fourth-order valence-corrected chi connectivity index (χ4v) is 4.08. The lowest BCUT2D eigenvalue weighted by molar-refractivity contribution is 0.0954. The van der Waals surface area contributed by atoms with Crippen LogP contribution >= 0.6 is 0 Å². The highest BCUT2D eigenvalue weighted by atomic mass is 16.5. The zero-order chi connectivity index (χ0) is 26.1. The number of nitrogens with one attached hydrogen (secondary N) is 2. The molecule has 0 aromatic heterocycles. The van der Waals surface area contributed by atoms with Crippen LogP contribution in [0, 0.1) is 0 Å². The molecule has 0 fully saturated rings. The smallest absolute Gasteiger partial charge is 0.251 e. The number of amides is 1. The molecule has 0 heterocycles. The van der Waals surface area contributed by atoms with Gasteiger partial charge in [-0.1, -0.05) is 30.3 Å². The number of phenols is 1. The molecule has 0 aliphatic rings. The number of hydrogen-bond donors (Lipinski definition) is 5. The zero-order valence-electron chi connectivity index (χ0n) is 21.1. The van der Waals surface area contributed by atoms with Crippen molar-refractivity contribution in [2.45, 2.75) is 44.9 Å². The van der Waals surface area contributed by atoms with Crippen LogP contribution in [0.5, 0.6) is 11.5 Å². The van der Waals surface area contributed by atoms with Gasteiger partial charge < -0.3 is 30.7 Å². The second-order valence-corrected chi connectivity index (χ2v) is 9.56. The van der Waals surface area contributed by atoms with E-state index in [4.69, 9.17) is 4.74 Å². The van der Waals surface area contributed by atoms with E-state index in [1.165, 1.54) is 6.07 Å². The summed E-state index contributed by atoms with van der Waals surface area (Å²) in [4.78, 5) is 12.7. The second kappa shape index (κ2) is 12.5. The number of aliphatic hydroxyl groups excluding tert-OH is 2. The molecule has 3 aromatic rings. The standard InChI is InChI=1S/C29H36N2O5/c1-29(2,31-18-27(34)22-10-11-26(33)24(16-22)19-32)17-21-7-4-8-23(14-21)28(35)30-13-12-20-6-5-9-25(15-20)36-3/h4-11,14-16,27,31-34H,12-13,17-19H2,1-3H3,(H,30,35)/t27-/m1/s1. The van der Waals surface area contributed by atoms with Crippen LogP contribution in [0.4, 0.5) is 0 Å². The lowest BCUT2D eigenvalue weighted by atomic mass is 9.93. The van der Waals surface area contributed by atoms with Gasteiger partial charge in [0.1, 0.15) is 11.5 Å². The fraction of sp³-hybridized carbons (Fsp3) is 0.345. The first-order valence-electron chi connectivity index (χ1n) is 12.1. The number of rotatable bonds is 12. The van der Waals surface area contributed by atoms with Gasteiger partial charge in [0.15, 0.2) is 0 Å². The molecule has 5 N–H and O–H groups in total. The monoisotopic (exact) mass is 492 g/mol. The van der Waals surface area contributed by atoms with Gasteiger partial charge in [-0.25, -0.2) is 0 Å². The van der Waals surface area contributed by atoms with Gasteiger partial charge in [-0.3, -0.25) is 4.79 Å². The molecule has 1 amide bonds. The molecule has 0 aliphatic carbocycles. The SMILES string of the molecule is COc1cccc(CCNC(=O)c2cccc(CC(C)(C)NC[C@@H](O)c3ccc(O)c(CO)c3)c2)c1. The molecule has 3 aromatic carbocycles. The summed E-state index contributed by atoms with van der Waals surface area (Å²) in [6.45, 7) is 4.60. The number of aliphatic hydroxyl groups is 2. The van der Waals surface area contributed by atoms with Crippen LogP contribution in [-0.2, 0) is 19.4 Å². The first-order valence-corrected chi connectivity index (χ1v) is 12.1. The zero-order valence-corrected chi connectivity index (χ0v) is 21.1. The highest BCUT2D eigenvalue weighted by molar-refractivity contribution is 5.94. The molecular formula is C29H36N2O5. The third-order valence-corrected chi connectivity index (χ3v) is 6.10. The summed E-state index contributed by atoms with van der Waals surface area (Å²) in [7, 11) is 1.64. The van der Waals surface area contributed by atoms with E-state index in [-0.39, 0.29) is 23.8 Å². The summed E-state index contributed by atoms with van der Waals surface area (Å²) in [6.07, 6.45) is 0.571. The Kier molecular flexibility index (Phi) is 9.47. The first kappa shape index (κ1) is 27.2. The minimum Gasteiger partial charge on any atom is -0.508 e. The van der Waals surface area contributed by atoms with E-state index in [1.54, 1.807) is 25.3 Å². The Morgan fingerprint density at radius 1 is 1.03 bits per heavy atom. The Hall–Kier alpha value is -3.39. The Labute approximate surface area is 212 Å². The van der Waals surface area contributed by atoms with Crippen molar-refractivity contribution in [2.75, 3.05) is 20.2 Å². The van der Waals surface area contributed by atoms with E-state index in [9.17, 15) is 20.1 Å². The van der Waals surface area contributed by atoms with Crippen molar-refractivity contribution in [3.63, 3.8) is 0 Å². The summed E-state index contributed by atoms with van der Waals surface area (Å²) in [5.41, 5.74) is 3.36. The van der Waals surface area contributed by atoms with Crippen molar-refractivity contribution in [3.05, 3.63) is 94.5 Å². The van der Waals surface area contributed by atoms with Gasteiger partial charge in [0.2, 0.25) is 0 Å². The van der Waals surface area contributed by atoms with Crippen LogP contribution < -0.4 is 15.4 Å². The quantitative estimate of drug-likeness (QED) is 0.265. The van der Waals surface area contributed by atoms with Gasteiger partial charge in [0, 0.05) is 29.8 Å². The van der Waals surface area contributed by atoms with Crippen LogP contribution in [0.1, 0.15) is 52.6 Å². The highest BCUT2D eigenvalue weighted by Crippen LogP contribution is 2.23. The molecule has 36 heavy (non-hydrogen) atoms. The molecule has 0 spiro atoms. The summed E-state index contributed by atoms with van der Waals surface area (Å²) in [6, 6.07) is 20.1. The van der Waals surface area contributed by atoms with Gasteiger partial charge in [0.05, 0.1) is 19.8 Å². The van der Waals surface area contributed by atoms with Crippen LogP contribution in [0.15, 0.2) is 66.7 Å². The van der Waals surface area contributed by atoms with Crippen LogP contribution in [0.2, 0.25) is 0 Å². The number of hydrogen-bond acceptors (Lipinski definition) is 6. The second-order valence-electron chi connectivity index (χ2n) is 9.56. The number of β-amino-alcohol motifs (C(OH)–C–C–N with tert-alkyl or cyclic N) is 1. The van der Waals surface area contributed by atoms with Crippen molar-refractivity contribution in [3.8, 4) is 11.5 Å². The molecule has 0 bridgehead atoms. The minimum atomic E-state index is -0.795. The third-order valence-electron chi connectivity index (χ3n) is 6.10. The Morgan fingerprint density at radius 2 is 1.78 bits per heavy atom. The van der Waals surface area contributed by atoms with Gasteiger partial charge in [0.25, 0.3) is 5.91 Å².